The molecule has 0 aliphatic carbocycles. The SMILES string of the molecule is C/C=C/C(O)C(C)/C=C/C(=N/OCC(=O)N1CCC(N2CCCCC2)CC1)C(C)C(O)C(C)C1OC(=O)/C(OC)=C\C(C)=C/C(C)C(O)C(CC)C(O)C(C)C/C(C)=C\C=C/C1OC. The molecule has 13 nitrogen and oxygen atoms in total. The molecule has 3 aliphatic heterocycles. The maximum absolute atomic E-state index is 14.0. The van der Waals surface area contributed by atoms with Crippen LogP contribution >= 0.6 is 0 Å². The molecule has 3 aliphatic rings. The number of carbonyl (C=O) groups excluding carboxylic acids is 2. The molecule has 12 atom stereocenters. The van der Waals surface area contributed by atoms with Gasteiger partial charge in [-0.25, -0.2) is 4.79 Å². The molecule has 362 valence electrons. The van der Waals surface area contributed by atoms with Crippen LogP contribution in [0.3, 0.4) is 0 Å². The summed E-state index contributed by atoms with van der Waals surface area (Å²) in [6.07, 6.45) is 17.3. The first kappa shape index (κ1) is 54.7. The zero-order valence-electron chi connectivity index (χ0n) is 40.8. The first-order valence-corrected chi connectivity index (χ1v) is 23.7. The minimum atomic E-state index is -1.18. The van der Waals surface area contributed by atoms with Gasteiger partial charge in [0, 0.05) is 55.8 Å². The largest absolute Gasteiger partial charge is 0.490 e. The highest BCUT2D eigenvalue weighted by Gasteiger charge is 2.38. The van der Waals surface area contributed by atoms with Crippen LogP contribution in [0.5, 0.6) is 0 Å². The Morgan fingerprint density at radius 2 is 1.67 bits per heavy atom. The molecule has 0 radical (unpaired) electrons. The van der Waals surface area contributed by atoms with Crippen molar-refractivity contribution >= 4 is 17.6 Å². The number of cyclic esters (lactones) is 1. The lowest BCUT2D eigenvalue weighted by atomic mass is 9.79. The van der Waals surface area contributed by atoms with E-state index in [0.717, 1.165) is 31.5 Å². The summed E-state index contributed by atoms with van der Waals surface area (Å²) in [6, 6.07) is 0.500. The number of aliphatic hydroxyl groups excluding tert-OH is 4. The number of amides is 1. The Morgan fingerprint density at radius 3 is 2.28 bits per heavy atom. The van der Waals surface area contributed by atoms with E-state index in [4.69, 9.17) is 19.0 Å². The number of likely N-dealkylation sites (tertiary alicyclic amines) is 2. The van der Waals surface area contributed by atoms with E-state index in [1.54, 1.807) is 57.2 Å². The van der Waals surface area contributed by atoms with E-state index in [2.05, 4.69) is 10.1 Å². The fraction of sp³-hybridized carbons (Fsp3) is 0.706. The van der Waals surface area contributed by atoms with Gasteiger partial charge in [-0.2, -0.15) is 0 Å². The van der Waals surface area contributed by atoms with Crippen LogP contribution in [0.4, 0.5) is 0 Å². The Morgan fingerprint density at radius 1 is 1.00 bits per heavy atom. The Kier molecular flexibility index (Phi) is 23.8. The molecular formula is C51H83N3O10. The van der Waals surface area contributed by atoms with Gasteiger partial charge in [0.25, 0.3) is 5.91 Å². The van der Waals surface area contributed by atoms with Crippen molar-refractivity contribution in [1.29, 1.82) is 0 Å². The zero-order chi connectivity index (χ0) is 47.5. The van der Waals surface area contributed by atoms with E-state index in [1.807, 2.05) is 64.7 Å². The first-order valence-electron chi connectivity index (χ1n) is 23.7. The van der Waals surface area contributed by atoms with Crippen molar-refractivity contribution in [2.75, 3.05) is 47.0 Å². The summed E-state index contributed by atoms with van der Waals surface area (Å²) >= 11 is 0. The second-order valence-corrected chi connectivity index (χ2v) is 18.6. The number of nitrogens with zero attached hydrogens (tertiary/aromatic N) is 3. The van der Waals surface area contributed by atoms with Crippen LogP contribution in [-0.2, 0) is 28.6 Å². The van der Waals surface area contributed by atoms with Gasteiger partial charge in [0.15, 0.2) is 6.61 Å². The Bertz CT molecular complexity index is 1660. The number of carbonyl (C=O) groups is 2. The molecule has 0 bridgehead atoms. The summed E-state index contributed by atoms with van der Waals surface area (Å²) in [5.41, 5.74) is 1.98. The lowest BCUT2D eigenvalue weighted by Gasteiger charge is -2.40. The highest BCUT2D eigenvalue weighted by molar-refractivity contribution is 5.96. The van der Waals surface area contributed by atoms with E-state index in [1.165, 1.54) is 33.5 Å². The molecule has 0 aromatic heterocycles. The monoisotopic (exact) mass is 898 g/mol. The van der Waals surface area contributed by atoms with Crippen molar-refractivity contribution in [2.45, 2.75) is 150 Å². The topological polar surface area (TPSA) is 171 Å². The number of rotatable bonds is 15. The van der Waals surface area contributed by atoms with Crippen molar-refractivity contribution < 1.29 is 49.1 Å². The van der Waals surface area contributed by atoms with Gasteiger partial charge in [-0.1, -0.05) is 107 Å². The summed E-state index contributed by atoms with van der Waals surface area (Å²) in [5, 5.41) is 50.0. The lowest BCUT2D eigenvalue weighted by molar-refractivity contribution is -0.161. The zero-order valence-corrected chi connectivity index (χ0v) is 40.8. The molecule has 3 heterocycles. The first-order chi connectivity index (χ1) is 30.5. The molecule has 13 heteroatoms. The maximum Gasteiger partial charge on any atom is 0.373 e. The number of oxime groups is 1. The van der Waals surface area contributed by atoms with Crippen molar-refractivity contribution in [3.63, 3.8) is 0 Å². The minimum absolute atomic E-state index is 0.0841. The summed E-state index contributed by atoms with van der Waals surface area (Å²) in [4.78, 5) is 37.5. The third-order valence-corrected chi connectivity index (χ3v) is 13.6. The number of esters is 1. The van der Waals surface area contributed by atoms with Crippen LogP contribution in [0.15, 0.2) is 76.7 Å². The average Bonchev–Trinajstić information content (AvgIpc) is 3.29. The molecule has 12 unspecified atom stereocenters. The van der Waals surface area contributed by atoms with Crippen LogP contribution < -0.4 is 0 Å². The van der Waals surface area contributed by atoms with E-state index < -0.39 is 54.4 Å². The van der Waals surface area contributed by atoms with Crippen LogP contribution in [0, 0.1) is 35.5 Å². The van der Waals surface area contributed by atoms with E-state index in [-0.39, 0.29) is 41.9 Å². The molecule has 0 saturated carbocycles. The molecule has 0 aromatic rings. The molecule has 3 rings (SSSR count). The van der Waals surface area contributed by atoms with Crippen molar-refractivity contribution in [3.8, 4) is 0 Å². The van der Waals surface area contributed by atoms with E-state index >= 15 is 0 Å². The van der Waals surface area contributed by atoms with Gasteiger partial charge in [-0.15, -0.1) is 0 Å². The number of piperidine rings is 2. The van der Waals surface area contributed by atoms with Crippen LogP contribution in [0.25, 0.3) is 0 Å². The van der Waals surface area contributed by atoms with Gasteiger partial charge in [0.05, 0.1) is 37.2 Å². The van der Waals surface area contributed by atoms with Crippen molar-refractivity contribution in [1.82, 2.24) is 9.80 Å². The third kappa shape index (κ3) is 16.4. The van der Waals surface area contributed by atoms with Gasteiger partial charge in [0.1, 0.15) is 12.2 Å². The minimum Gasteiger partial charge on any atom is -0.490 e. The molecular weight excluding hydrogens is 815 g/mol. The highest BCUT2D eigenvalue weighted by Crippen LogP contribution is 2.31. The molecule has 64 heavy (non-hydrogen) atoms. The lowest BCUT2D eigenvalue weighted by Crippen LogP contribution is -2.48. The van der Waals surface area contributed by atoms with Crippen LogP contribution in [0.1, 0.15) is 107 Å². The normalized spacial score (nSPS) is 32.4. The maximum atomic E-state index is 14.0. The standard InChI is InChI=1S/C51H83N3O10/c1-12-18-43(55)35(5)21-22-42(52-63-32-46(56)54-27-23-40(24-28-54)53-25-15-14-16-26-53)38(8)49(59)39(9)50-44(61-10)20-17-19-33(3)29-36(6)47(57)41(13-2)48(58)37(7)30-34(4)31-45(62-11)51(60)64-50/h12,17-22,30-31,35-41,43-44,47-50,55,57-59H,13-16,23-29,32H2,1-11H3/b18-12+,20-17-,22-21+,33-19-,34-30-,45-31+,52-42-. The Hall–Kier alpha value is -3.59. The third-order valence-electron chi connectivity index (χ3n) is 13.6. The fourth-order valence-corrected chi connectivity index (χ4v) is 9.31. The molecule has 2 fully saturated rings. The quantitative estimate of drug-likeness (QED) is 0.0582. The van der Waals surface area contributed by atoms with Crippen molar-refractivity contribution in [3.05, 3.63) is 71.6 Å². The summed E-state index contributed by atoms with van der Waals surface area (Å²) in [5.74, 6) is -3.63. The van der Waals surface area contributed by atoms with Crippen LogP contribution in [0.2, 0.25) is 0 Å². The Balaban J connectivity index is 1.95. The van der Waals surface area contributed by atoms with Crippen LogP contribution in [-0.4, -0.2) is 137 Å². The molecule has 2 saturated heterocycles. The highest BCUT2D eigenvalue weighted by atomic mass is 16.6. The smallest absolute Gasteiger partial charge is 0.373 e. The van der Waals surface area contributed by atoms with E-state index in [0.29, 0.717) is 43.3 Å². The molecule has 0 spiro atoms. The number of aliphatic hydroxyl groups is 4. The van der Waals surface area contributed by atoms with Gasteiger partial charge < -0.3 is 49.3 Å². The predicted octanol–water partition coefficient (Wildman–Crippen LogP) is 6.93. The second-order valence-electron chi connectivity index (χ2n) is 18.6. The van der Waals surface area contributed by atoms with Crippen molar-refractivity contribution in [2.24, 2.45) is 40.7 Å². The molecule has 4 N–H and O–H groups in total. The average molecular weight is 898 g/mol. The summed E-state index contributed by atoms with van der Waals surface area (Å²) < 4.78 is 17.7. The van der Waals surface area contributed by atoms with Gasteiger partial charge in [-0.05, 0) is 90.5 Å². The van der Waals surface area contributed by atoms with Gasteiger partial charge in [0.2, 0.25) is 5.76 Å². The number of allylic oxidation sites excluding steroid dienone is 7. The fourth-order valence-electron chi connectivity index (χ4n) is 9.31. The summed E-state index contributed by atoms with van der Waals surface area (Å²) in [6.45, 7) is 20.2. The number of hydrogen-bond donors (Lipinski definition) is 4. The van der Waals surface area contributed by atoms with E-state index in [9.17, 15) is 30.0 Å². The Labute approximate surface area is 384 Å². The predicted molar refractivity (Wildman–Crippen MR) is 253 cm³/mol. The number of hydrogen-bond acceptors (Lipinski definition) is 12. The molecule has 1 amide bonds. The van der Waals surface area contributed by atoms with Gasteiger partial charge >= 0.3 is 5.97 Å². The number of methoxy groups -OCH3 is 2. The van der Waals surface area contributed by atoms with Gasteiger partial charge in [-0.3, -0.25) is 4.79 Å². The summed E-state index contributed by atoms with van der Waals surface area (Å²) in [7, 11) is 2.88. The molecule has 0 aromatic carbocycles. The number of ether oxygens (including phenoxy) is 3. The second kappa shape index (κ2) is 27.8.